The van der Waals surface area contributed by atoms with Gasteiger partial charge in [0.1, 0.15) is 5.75 Å². The fourth-order valence-corrected chi connectivity index (χ4v) is 2.37. The van der Waals surface area contributed by atoms with E-state index < -0.39 is 0 Å². The minimum absolute atomic E-state index is 0.500. The molecule has 6 heteroatoms. The number of aryl methyl sites for hydroxylation is 1. The normalized spacial score (nSPS) is 10.3. The summed E-state index contributed by atoms with van der Waals surface area (Å²) in [7, 11) is 1.67. The predicted octanol–water partition coefficient (Wildman–Crippen LogP) is 3.59. The molecule has 0 atom stereocenters. The molecule has 0 radical (unpaired) electrons. The Morgan fingerprint density at radius 3 is 2.72 bits per heavy atom. The fraction of sp³-hybridized carbons (Fsp3) is 0.211. The number of rotatable bonds is 7. The summed E-state index contributed by atoms with van der Waals surface area (Å²) in [5, 5.41) is 14.4. The first kappa shape index (κ1) is 16.7. The molecule has 0 bridgehead atoms. The monoisotopic (exact) mass is 335 g/mol. The number of methoxy groups -OCH3 is 1. The lowest BCUT2D eigenvalue weighted by molar-refractivity contribution is 0.414. The summed E-state index contributed by atoms with van der Waals surface area (Å²) < 4.78 is 5.24. The van der Waals surface area contributed by atoms with Gasteiger partial charge in [-0.05, 0) is 43.2 Å². The number of hydrogen-bond donors (Lipinski definition) is 2. The van der Waals surface area contributed by atoms with E-state index in [1.165, 1.54) is 11.1 Å². The number of nitrogens with zero attached hydrogens (tertiary/aromatic N) is 3. The second-order valence-corrected chi connectivity index (χ2v) is 5.68. The van der Waals surface area contributed by atoms with E-state index in [0.29, 0.717) is 18.3 Å². The highest BCUT2D eigenvalue weighted by molar-refractivity contribution is 5.56. The minimum Gasteiger partial charge on any atom is -0.497 e. The summed E-state index contributed by atoms with van der Waals surface area (Å²) in [6, 6.07) is 16.1. The van der Waals surface area contributed by atoms with Crippen LogP contribution >= 0.6 is 0 Å². The molecule has 0 amide bonds. The second kappa shape index (κ2) is 8.10. The van der Waals surface area contributed by atoms with Crippen LogP contribution in [0.15, 0.2) is 54.7 Å². The molecule has 0 aliphatic carbocycles. The van der Waals surface area contributed by atoms with Crippen molar-refractivity contribution in [3.05, 3.63) is 65.9 Å². The third kappa shape index (κ3) is 4.91. The Morgan fingerprint density at radius 2 is 1.92 bits per heavy atom. The van der Waals surface area contributed by atoms with Crippen LogP contribution in [0.4, 0.5) is 17.5 Å². The van der Waals surface area contributed by atoms with Gasteiger partial charge in [-0.2, -0.15) is 10.1 Å². The second-order valence-electron chi connectivity index (χ2n) is 5.68. The van der Waals surface area contributed by atoms with Crippen LogP contribution in [0.2, 0.25) is 0 Å². The Balaban J connectivity index is 1.57. The zero-order chi connectivity index (χ0) is 17.5. The Morgan fingerprint density at radius 1 is 1.08 bits per heavy atom. The number of anilines is 3. The van der Waals surface area contributed by atoms with Gasteiger partial charge in [0.15, 0.2) is 5.82 Å². The van der Waals surface area contributed by atoms with Crippen molar-refractivity contribution in [2.75, 3.05) is 24.3 Å². The van der Waals surface area contributed by atoms with Crippen molar-refractivity contribution in [2.24, 2.45) is 0 Å². The lowest BCUT2D eigenvalue weighted by Crippen LogP contribution is -2.09. The number of benzene rings is 2. The quantitative estimate of drug-likeness (QED) is 0.687. The van der Waals surface area contributed by atoms with E-state index in [-0.39, 0.29) is 0 Å². The van der Waals surface area contributed by atoms with E-state index >= 15 is 0 Å². The first-order valence-corrected chi connectivity index (χ1v) is 8.13. The number of nitrogens with one attached hydrogen (secondary N) is 2. The Labute approximate surface area is 147 Å². The zero-order valence-electron chi connectivity index (χ0n) is 14.4. The Hall–Kier alpha value is -3.15. The van der Waals surface area contributed by atoms with Crippen molar-refractivity contribution in [1.82, 2.24) is 15.2 Å². The molecule has 0 aliphatic heterocycles. The summed E-state index contributed by atoms with van der Waals surface area (Å²) in [5.41, 5.74) is 3.37. The van der Waals surface area contributed by atoms with Gasteiger partial charge in [-0.3, -0.25) is 0 Å². The SMILES string of the molecule is COc1cccc(CCNc2nncc(Nc3ccc(C)cc3)n2)c1. The van der Waals surface area contributed by atoms with Gasteiger partial charge in [0.05, 0.1) is 13.3 Å². The maximum Gasteiger partial charge on any atom is 0.244 e. The lowest BCUT2D eigenvalue weighted by atomic mass is 10.1. The van der Waals surface area contributed by atoms with Gasteiger partial charge in [-0.15, -0.1) is 5.10 Å². The maximum atomic E-state index is 5.24. The first-order chi connectivity index (χ1) is 12.2. The molecule has 2 aromatic carbocycles. The summed E-state index contributed by atoms with van der Waals surface area (Å²) in [5.74, 6) is 2.02. The number of ether oxygens (including phenoxy) is 1. The largest absolute Gasteiger partial charge is 0.497 e. The lowest BCUT2D eigenvalue weighted by Gasteiger charge is -2.08. The number of aromatic nitrogens is 3. The van der Waals surface area contributed by atoms with Crippen molar-refractivity contribution in [3.8, 4) is 5.75 Å². The van der Waals surface area contributed by atoms with E-state index in [9.17, 15) is 0 Å². The van der Waals surface area contributed by atoms with Gasteiger partial charge in [-0.25, -0.2) is 0 Å². The first-order valence-electron chi connectivity index (χ1n) is 8.13. The van der Waals surface area contributed by atoms with Crippen molar-refractivity contribution in [2.45, 2.75) is 13.3 Å². The van der Waals surface area contributed by atoms with Gasteiger partial charge in [0, 0.05) is 12.2 Å². The third-order valence-corrected chi connectivity index (χ3v) is 3.71. The molecule has 128 valence electrons. The molecular weight excluding hydrogens is 314 g/mol. The van der Waals surface area contributed by atoms with Crippen molar-refractivity contribution in [1.29, 1.82) is 0 Å². The van der Waals surface area contributed by atoms with E-state index in [4.69, 9.17) is 4.74 Å². The van der Waals surface area contributed by atoms with Gasteiger partial charge >= 0.3 is 0 Å². The van der Waals surface area contributed by atoms with Crippen LogP contribution in [0.1, 0.15) is 11.1 Å². The van der Waals surface area contributed by atoms with Gasteiger partial charge < -0.3 is 15.4 Å². The standard InChI is InChI=1S/C19H21N5O/c1-14-6-8-16(9-7-14)22-18-13-21-24-19(23-18)20-11-10-15-4-3-5-17(12-15)25-2/h3-9,12-13H,10-11H2,1-2H3,(H2,20,22,23,24). The molecule has 0 saturated carbocycles. The van der Waals surface area contributed by atoms with Crippen molar-refractivity contribution >= 4 is 17.5 Å². The Kier molecular flexibility index (Phi) is 5.41. The molecule has 3 aromatic rings. The van der Waals surface area contributed by atoms with Crippen molar-refractivity contribution < 1.29 is 4.74 Å². The van der Waals surface area contributed by atoms with Crippen LogP contribution < -0.4 is 15.4 Å². The summed E-state index contributed by atoms with van der Waals surface area (Å²) in [4.78, 5) is 4.43. The van der Waals surface area contributed by atoms with Gasteiger partial charge in [0.25, 0.3) is 0 Å². The van der Waals surface area contributed by atoms with Gasteiger partial charge in [0.2, 0.25) is 5.95 Å². The molecule has 0 unspecified atom stereocenters. The van der Waals surface area contributed by atoms with E-state index in [0.717, 1.165) is 17.9 Å². The van der Waals surface area contributed by atoms with Crippen LogP contribution in [0.25, 0.3) is 0 Å². The molecule has 0 aliphatic rings. The van der Waals surface area contributed by atoms with E-state index in [2.05, 4.69) is 38.8 Å². The zero-order valence-corrected chi connectivity index (χ0v) is 14.4. The molecule has 2 N–H and O–H groups in total. The topological polar surface area (TPSA) is 72.0 Å². The molecule has 0 saturated heterocycles. The highest BCUT2D eigenvalue weighted by atomic mass is 16.5. The molecule has 3 rings (SSSR count). The van der Waals surface area contributed by atoms with E-state index in [1.54, 1.807) is 13.3 Å². The van der Waals surface area contributed by atoms with Crippen LogP contribution in [0.3, 0.4) is 0 Å². The smallest absolute Gasteiger partial charge is 0.244 e. The predicted molar refractivity (Wildman–Crippen MR) is 99.5 cm³/mol. The van der Waals surface area contributed by atoms with Crippen LogP contribution in [0.5, 0.6) is 5.75 Å². The number of hydrogen-bond acceptors (Lipinski definition) is 6. The highest BCUT2D eigenvalue weighted by Crippen LogP contribution is 2.15. The average molecular weight is 335 g/mol. The molecule has 1 aromatic heterocycles. The molecule has 0 fully saturated rings. The summed E-state index contributed by atoms with van der Waals surface area (Å²) in [6.07, 6.45) is 2.45. The van der Waals surface area contributed by atoms with Crippen LogP contribution in [-0.4, -0.2) is 28.8 Å². The molecule has 6 nitrogen and oxygen atoms in total. The van der Waals surface area contributed by atoms with Crippen LogP contribution in [0, 0.1) is 6.92 Å². The molecule has 1 heterocycles. The Bertz CT molecular complexity index is 820. The maximum absolute atomic E-state index is 5.24. The highest BCUT2D eigenvalue weighted by Gasteiger charge is 2.02. The average Bonchev–Trinajstić information content (AvgIpc) is 2.64. The fourth-order valence-electron chi connectivity index (χ4n) is 2.37. The van der Waals surface area contributed by atoms with Crippen molar-refractivity contribution in [3.63, 3.8) is 0 Å². The van der Waals surface area contributed by atoms with Crippen LogP contribution in [-0.2, 0) is 6.42 Å². The third-order valence-electron chi connectivity index (χ3n) is 3.71. The summed E-state index contributed by atoms with van der Waals surface area (Å²) in [6.45, 7) is 2.77. The minimum atomic E-state index is 0.500. The molecule has 25 heavy (non-hydrogen) atoms. The molecule has 0 spiro atoms. The van der Waals surface area contributed by atoms with Gasteiger partial charge in [-0.1, -0.05) is 29.8 Å². The van der Waals surface area contributed by atoms with E-state index in [1.807, 2.05) is 42.5 Å². The molecular formula is C19H21N5O. The summed E-state index contributed by atoms with van der Waals surface area (Å²) >= 11 is 0.